The zero-order valence-corrected chi connectivity index (χ0v) is 8.63. The molecule has 0 amide bonds. The molecule has 1 heterocycles. The van der Waals surface area contributed by atoms with Gasteiger partial charge in [-0.2, -0.15) is 0 Å². The van der Waals surface area contributed by atoms with Gasteiger partial charge in [0, 0.05) is 10.7 Å². The molecule has 0 atom stereocenters. The topological polar surface area (TPSA) is 73.1 Å². The summed E-state index contributed by atoms with van der Waals surface area (Å²) < 4.78 is 26.7. The van der Waals surface area contributed by atoms with Gasteiger partial charge in [-0.3, -0.25) is 0 Å². The van der Waals surface area contributed by atoms with E-state index in [1.165, 1.54) is 6.07 Å². The molecule has 0 N–H and O–H groups in total. The van der Waals surface area contributed by atoms with Crippen LogP contribution in [0.1, 0.15) is 5.56 Å². The first-order valence-corrected chi connectivity index (χ1v) is 5.97. The minimum atomic E-state index is -3.81. The maximum atomic E-state index is 11.1. The molecule has 0 aliphatic rings. The van der Waals surface area contributed by atoms with Crippen LogP contribution in [0.2, 0.25) is 0 Å². The molecule has 0 aliphatic carbocycles. The SMILES string of the molecule is Cc1ccc(S(=O)(=O)Cl)c2nonc12. The van der Waals surface area contributed by atoms with Crippen molar-refractivity contribution in [2.45, 2.75) is 11.8 Å². The molecule has 2 rings (SSSR count). The number of hydrogen-bond donors (Lipinski definition) is 0. The van der Waals surface area contributed by atoms with E-state index in [0.717, 1.165) is 5.56 Å². The van der Waals surface area contributed by atoms with E-state index in [0.29, 0.717) is 5.52 Å². The predicted octanol–water partition coefficient (Wildman–Crippen LogP) is 1.46. The van der Waals surface area contributed by atoms with Crippen molar-refractivity contribution >= 4 is 30.8 Å². The highest BCUT2D eigenvalue weighted by Crippen LogP contribution is 2.25. The van der Waals surface area contributed by atoms with Crippen LogP contribution in [0.4, 0.5) is 0 Å². The van der Waals surface area contributed by atoms with Crippen molar-refractivity contribution < 1.29 is 13.0 Å². The van der Waals surface area contributed by atoms with Gasteiger partial charge < -0.3 is 0 Å². The average Bonchev–Trinajstić information content (AvgIpc) is 2.50. The van der Waals surface area contributed by atoms with Crippen LogP contribution in [-0.2, 0) is 9.05 Å². The van der Waals surface area contributed by atoms with Gasteiger partial charge in [0.1, 0.15) is 10.4 Å². The highest BCUT2D eigenvalue weighted by molar-refractivity contribution is 8.14. The van der Waals surface area contributed by atoms with Gasteiger partial charge in [0.15, 0.2) is 5.52 Å². The lowest BCUT2D eigenvalue weighted by atomic mass is 10.2. The summed E-state index contributed by atoms with van der Waals surface area (Å²) in [5, 5.41) is 7.08. The van der Waals surface area contributed by atoms with Gasteiger partial charge in [0.2, 0.25) is 0 Å². The summed E-state index contributed by atoms with van der Waals surface area (Å²) in [5.41, 5.74) is 1.36. The molecule has 0 spiro atoms. The zero-order valence-electron chi connectivity index (χ0n) is 7.06. The average molecular weight is 233 g/mol. The summed E-state index contributed by atoms with van der Waals surface area (Å²) in [7, 11) is 1.40. The van der Waals surface area contributed by atoms with Crippen LogP contribution in [-0.4, -0.2) is 18.7 Å². The summed E-state index contributed by atoms with van der Waals surface area (Å²) >= 11 is 0. The van der Waals surface area contributed by atoms with Crippen LogP contribution in [0.3, 0.4) is 0 Å². The van der Waals surface area contributed by atoms with Crippen LogP contribution < -0.4 is 0 Å². The zero-order chi connectivity index (χ0) is 10.3. The number of hydrogen-bond acceptors (Lipinski definition) is 5. The minimum Gasteiger partial charge on any atom is -0.243 e. The van der Waals surface area contributed by atoms with E-state index in [4.69, 9.17) is 10.7 Å². The Morgan fingerprint density at radius 1 is 1.29 bits per heavy atom. The Balaban J connectivity index is 2.93. The predicted molar refractivity (Wildman–Crippen MR) is 49.6 cm³/mol. The molecule has 0 bridgehead atoms. The number of aromatic nitrogens is 2. The van der Waals surface area contributed by atoms with Gasteiger partial charge in [-0.1, -0.05) is 6.07 Å². The first-order chi connectivity index (χ1) is 6.50. The van der Waals surface area contributed by atoms with Crippen molar-refractivity contribution in [2.24, 2.45) is 0 Å². The maximum Gasteiger partial charge on any atom is 0.263 e. The van der Waals surface area contributed by atoms with Gasteiger partial charge >= 0.3 is 0 Å². The second kappa shape index (κ2) is 2.93. The highest BCUT2D eigenvalue weighted by Gasteiger charge is 2.18. The summed E-state index contributed by atoms with van der Waals surface area (Å²) in [4.78, 5) is -0.0824. The standard InChI is InChI=1S/C7H5ClN2O3S/c1-4-2-3-5(14(8,11)12)7-6(4)9-13-10-7/h2-3H,1H3. The van der Waals surface area contributed by atoms with Crippen molar-refractivity contribution in [1.29, 1.82) is 0 Å². The van der Waals surface area contributed by atoms with Gasteiger partial charge in [-0.25, -0.2) is 13.0 Å². The van der Waals surface area contributed by atoms with Crippen molar-refractivity contribution in [3.8, 4) is 0 Å². The van der Waals surface area contributed by atoms with E-state index >= 15 is 0 Å². The van der Waals surface area contributed by atoms with Crippen molar-refractivity contribution in [1.82, 2.24) is 10.3 Å². The van der Waals surface area contributed by atoms with E-state index in [9.17, 15) is 8.42 Å². The van der Waals surface area contributed by atoms with Gasteiger partial charge in [0.25, 0.3) is 9.05 Å². The Bertz CT molecular complexity index is 590. The molecule has 0 saturated heterocycles. The largest absolute Gasteiger partial charge is 0.263 e. The highest BCUT2D eigenvalue weighted by atomic mass is 35.7. The lowest BCUT2D eigenvalue weighted by molar-refractivity contribution is 0.315. The normalized spacial score (nSPS) is 12.1. The summed E-state index contributed by atoms with van der Waals surface area (Å²) in [6.07, 6.45) is 0. The molecule has 1 aromatic carbocycles. The fraction of sp³-hybridized carbons (Fsp3) is 0.143. The van der Waals surface area contributed by atoms with Crippen LogP contribution >= 0.6 is 10.7 Å². The fourth-order valence-corrected chi connectivity index (χ4v) is 2.13. The smallest absolute Gasteiger partial charge is 0.243 e. The summed E-state index contributed by atoms with van der Waals surface area (Å²) in [5.74, 6) is 0. The van der Waals surface area contributed by atoms with Crippen LogP contribution in [0, 0.1) is 6.92 Å². The van der Waals surface area contributed by atoms with E-state index in [1.807, 2.05) is 0 Å². The Labute approximate surface area is 84.0 Å². The number of aryl methyl sites for hydroxylation is 1. The number of rotatable bonds is 1. The van der Waals surface area contributed by atoms with Crippen molar-refractivity contribution in [3.63, 3.8) is 0 Å². The molecule has 0 aliphatic heterocycles. The molecule has 0 fully saturated rings. The second-order valence-corrected chi connectivity index (χ2v) is 5.31. The molecular formula is C7H5ClN2O3S. The van der Waals surface area contributed by atoms with Crippen molar-refractivity contribution in [3.05, 3.63) is 17.7 Å². The van der Waals surface area contributed by atoms with Gasteiger partial charge in [-0.15, -0.1) is 0 Å². The quantitative estimate of drug-likeness (QED) is 0.696. The Kier molecular flexibility index (Phi) is 1.97. The molecule has 0 unspecified atom stereocenters. The van der Waals surface area contributed by atoms with Crippen molar-refractivity contribution in [2.75, 3.05) is 0 Å². The molecule has 74 valence electrons. The van der Waals surface area contributed by atoms with Crippen LogP contribution in [0.15, 0.2) is 21.7 Å². The van der Waals surface area contributed by atoms with E-state index in [1.54, 1.807) is 13.0 Å². The summed E-state index contributed by atoms with van der Waals surface area (Å²) in [6.45, 7) is 1.77. The van der Waals surface area contributed by atoms with E-state index in [2.05, 4.69) is 14.9 Å². The Hall–Kier alpha value is -1.14. The number of nitrogens with zero attached hydrogens (tertiary/aromatic N) is 2. The monoisotopic (exact) mass is 232 g/mol. The third-order valence-electron chi connectivity index (χ3n) is 1.84. The second-order valence-electron chi connectivity index (χ2n) is 2.78. The van der Waals surface area contributed by atoms with Crippen LogP contribution in [0.25, 0.3) is 11.0 Å². The van der Waals surface area contributed by atoms with Gasteiger partial charge in [0.05, 0.1) is 0 Å². The number of halogens is 1. The molecule has 0 saturated carbocycles. The third-order valence-corrected chi connectivity index (χ3v) is 3.20. The molecule has 2 aromatic rings. The van der Waals surface area contributed by atoms with E-state index < -0.39 is 9.05 Å². The molecule has 5 nitrogen and oxygen atoms in total. The van der Waals surface area contributed by atoms with E-state index in [-0.39, 0.29) is 10.4 Å². The molecule has 0 radical (unpaired) electrons. The Morgan fingerprint density at radius 3 is 2.57 bits per heavy atom. The summed E-state index contributed by atoms with van der Waals surface area (Å²) in [6, 6.07) is 2.98. The maximum absolute atomic E-state index is 11.1. The first kappa shape index (κ1) is 9.42. The Morgan fingerprint density at radius 2 is 1.93 bits per heavy atom. The number of fused-ring (bicyclic) bond motifs is 1. The molecular weight excluding hydrogens is 228 g/mol. The fourth-order valence-electron chi connectivity index (χ4n) is 1.16. The lowest BCUT2D eigenvalue weighted by Gasteiger charge is -1.96. The molecule has 14 heavy (non-hydrogen) atoms. The first-order valence-electron chi connectivity index (χ1n) is 3.66. The lowest BCUT2D eigenvalue weighted by Crippen LogP contribution is -1.93. The third kappa shape index (κ3) is 1.36. The molecule has 7 heteroatoms. The van der Waals surface area contributed by atoms with Gasteiger partial charge in [-0.05, 0) is 28.9 Å². The number of benzene rings is 1. The van der Waals surface area contributed by atoms with Crippen LogP contribution in [0.5, 0.6) is 0 Å². The minimum absolute atomic E-state index is 0.0824. The molecule has 1 aromatic heterocycles.